The molecule has 0 amide bonds. The van der Waals surface area contributed by atoms with E-state index in [0.717, 1.165) is 5.92 Å². The first-order chi connectivity index (χ1) is 6.99. The third kappa shape index (κ3) is 4.84. The molecule has 0 aromatic rings. The normalized spacial score (nSPS) is 21.9. The Morgan fingerprint density at radius 2 is 1.62 bits per heavy atom. The molecule has 0 unspecified atom stereocenters. The Balaban J connectivity index is 2.27. The predicted octanol–water partition coefficient (Wildman–Crippen LogP) is 5.37. The number of halogens is 1. The van der Waals surface area contributed by atoms with Crippen LogP contribution in [0.25, 0.3) is 0 Å². The molecule has 96 valence electrons. The second-order valence-corrected chi connectivity index (χ2v) is 8.04. The van der Waals surface area contributed by atoms with E-state index in [1.807, 2.05) is 0 Å². The average molecular weight is 228 g/mol. The van der Waals surface area contributed by atoms with Crippen LogP contribution in [0.3, 0.4) is 0 Å². The van der Waals surface area contributed by atoms with E-state index in [-0.39, 0.29) is 5.41 Å². The zero-order chi connectivity index (χ0) is 12.6. The van der Waals surface area contributed by atoms with Gasteiger partial charge in [0, 0.05) is 0 Å². The molecule has 1 fully saturated rings. The van der Waals surface area contributed by atoms with E-state index in [4.69, 9.17) is 0 Å². The molecule has 0 bridgehead atoms. The maximum atomic E-state index is 13.6. The summed E-state index contributed by atoms with van der Waals surface area (Å²) in [6.07, 6.45) is 5.86. The van der Waals surface area contributed by atoms with Gasteiger partial charge < -0.3 is 0 Å². The molecule has 16 heavy (non-hydrogen) atoms. The van der Waals surface area contributed by atoms with Crippen molar-refractivity contribution in [3.05, 3.63) is 0 Å². The summed E-state index contributed by atoms with van der Waals surface area (Å²) in [4.78, 5) is 0. The van der Waals surface area contributed by atoms with Gasteiger partial charge in [-0.05, 0) is 62.7 Å². The molecular formula is C15H29F. The van der Waals surface area contributed by atoms with Crippen LogP contribution in [0.2, 0.25) is 0 Å². The third-order valence-corrected chi connectivity index (χ3v) is 3.81. The fourth-order valence-corrected chi connectivity index (χ4v) is 3.53. The summed E-state index contributed by atoms with van der Waals surface area (Å²) in [6, 6.07) is 0. The van der Waals surface area contributed by atoms with Crippen LogP contribution in [0.1, 0.15) is 73.6 Å². The predicted molar refractivity (Wildman–Crippen MR) is 69.3 cm³/mol. The minimum Gasteiger partial charge on any atom is -0.244 e. The molecule has 0 saturated heterocycles. The summed E-state index contributed by atoms with van der Waals surface area (Å²) in [6.45, 7) is 12.5. The third-order valence-electron chi connectivity index (χ3n) is 3.81. The Kier molecular flexibility index (Phi) is 3.77. The molecule has 1 heteroatoms. The Labute approximate surface area is 101 Å². The summed E-state index contributed by atoms with van der Waals surface area (Å²) in [5.74, 6) is 0.900. The highest BCUT2D eigenvalue weighted by molar-refractivity contribution is 4.88. The van der Waals surface area contributed by atoms with E-state index < -0.39 is 5.67 Å². The van der Waals surface area contributed by atoms with Crippen LogP contribution in [0.15, 0.2) is 0 Å². The number of hydrogen-bond acceptors (Lipinski definition) is 0. The lowest BCUT2D eigenvalue weighted by Crippen LogP contribution is -2.33. The summed E-state index contributed by atoms with van der Waals surface area (Å²) < 4.78 is 13.6. The first-order valence-corrected chi connectivity index (χ1v) is 6.68. The Morgan fingerprint density at radius 3 is 2.00 bits per heavy atom. The molecule has 1 aliphatic rings. The molecule has 1 aliphatic carbocycles. The van der Waals surface area contributed by atoms with E-state index >= 15 is 0 Å². The standard InChI is InChI=1S/C15H29F/c1-13(2,11-15(5,6)16)8-7-12-9-14(3,4)10-12/h12H,7-11H2,1-6H3. The number of hydrogen-bond donors (Lipinski definition) is 0. The zero-order valence-corrected chi connectivity index (χ0v) is 12.0. The quantitative estimate of drug-likeness (QED) is 0.593. The van der Waals surface area contributed by atoms with Crippen molar-refractivity contribution in [2.24, 2.45) is 16.7 Å². The van der Waals surface area contributed by atoms with Crippen LogP contribution in [-0.4, -0.2) is 5.67 Å². The summed E-state index contributed by atoms with van der Waals surface area (Å²) in [5.41, 5.74) is -0.297. The summed E-state index contributed by atoms with van der Waals surface area (Å²) in [7, 11) is 0. The minimum atomic E-state index is -1.03. The van der Waals surface area contributed by atoms with Crippen molar-refractivity contribution in [1.82, 2.24) is 0 Å². The van der Waals surface area contributed by atoms with E-state index in [1.165, 1.54) is 25.7 Å². The van der Waals surface area contributed by atoms with Crippen LogP contribution in [0.5, 0.6) is 0 Å². The van der Waals surface area contributed by atoms with Gasteiger partial charge in [0.15, 0.2) is 0 Å². The van der Waals surface area contributed by atoms with Gasteiger partial charge in [-0.15, -0.1) is 0 Å². The highest BCUT2D eigenvalue weighted by Crippen LogP contribution is 2.48. The Morgan fingerprint density at radius 1 is 1.12 bits per heavy atom. The average Bonchev–Trinajstić information content (AvgIpc) is 1.91. The van der Waals surface area contributed by atoms with Crippen molar-refractivity contribution in [1.29, 1.82) is 0 Å². The van der Waals surface area contributed by atoms with Crippen molar-refractivity contribution < 1.29 is 4.39 Å². The Bertz CT molecular complexity index is 224. The molecule has 0 N–H and O–H groups in total. The molecule has 0 spiro atoms. The molecule has 0 aliphatic heterocycles. The van der Waals surface area contributed by atoms with Gasteiger partial charge >= 0.3 is 0 Å². The van der Waals surface area contributed by atoms with E-state index in [2.05, 4.69) is 27.7 Å². The van der Waals surface area contributed by atoms with Crippen LogP contribution >= 0.6 is 0 Å². The van der Waals surface area contributed by atoms with Crippen molar-refractivity contribution in [2.75, 3.05) is 0 Å². The summed E-state index contributed by atoms with van der Waals surface area (Å²) >= 11 is 0. The molecule has 0 nitrogen and oxygen atoms in total. The molecule has 0 atom stereocenters. The SMILES string of the molecule is CC(C)(F)CC(C)(C)CCC1CC(C)(C)C1. The first-order valence-electron chi connectivity index (χ1n) is 6.68. The molecule has 1 rings (SSSR count). The van der Waals surface area contributed by atoms with E-state index in [1.54, 1.807) is 13.8 Å². The fraction of sp³-hybridized carbons (Fsp3) is 1.00. The maximum Gasteiger partial charge on any atom is 0.106 e. The lowest BCUT2D eigenvalue weighted by atomic mass is 9.62. The van der Waals surface area contributed by atoms with Gasteiger partial charge in [0.25, 0.3) is 0 Å². The molecule has 1 saturated carbocycles. The monoisotopic (exact) mass is 228 g/mol. The van der Waals surface area contributed by atoms with Gasteiger partial charge in [0.05, 0.1) is 0 Å². The van der Waals surface area contributed by atoms with E-state index in [9.17, 15) is 4.39 Å². The highest BCUT2D eigenvalue weighted by atomic mass is 19.1. The molecule has 0 heterocycles. The second-order valence-electron chi connectivity index (χ2n) is 8.04. The van der Waals surface area contributed by atoms with E-state index in [0.29, 0.717) is 11.8 Å². The lowest BCUT2D eigenvalue weighted by molar-refractivity contribution is 0.0647. The zero-order valence-electron chi connectivity index (χ0n) is 12.0. The van der Waals surface area contributed by atoms with Crippen molar-refractivity contribution in [2.45, 2.75) is 79.3 Å². The van der Waals surface area contributed by atoms with Crippen molar-refractivity contribution >= 4 is 0 Å². The number of alkyl halides is 1. The lowest BCUT2D eigenvalue weighted by Gasteiger charge is -2.44. The van der Waals surface area contributed by atoms with Crippen LogP contribution < -0.4 is 0 Å². The maximum absolute atomic E-state index is 13.6. The van der Waals surface area contributed by atoms with Crippen LogP contribution in [0, 0.1) is 16.7 Å². The van der Waals surface area contributed by atoms with Gasteiger partial charge in [-0.2, -0.15) is 0 Å². The molecule has 0 aromatic carbocycles. The van der Waals surface area contributed by atoms with Gasteiger partial charge in [0.1, 0.15) is 5.67 Å². The number of rotatable bonds is 5. The van der Waals surface area contributed by atoms with Gasteiger partial charge in [-0.25, -0.2) is 4.39 Å². The highest BCUT2D eigenvalue weighted by Gasteiger charge is 2.37. The summed E-state index contributed by atoms with van der Waals surface area (Å²) in [5, 5.41) is 0. The topological polar surface area (TPSA) is 0 Å². The molecule has 0 aromatic heterocycles. The smallest absolute Gasteiger partial charge is 0.106 e. The van der Waals surface area contributed by atoms with Gasteiger partial charge in [-0.1, -0.05) is 27.7 Å². The molecular weight excluding hydrogens is 199 g/mol. The fourth-order valence-electron chi connectivity index (χ4n) is 3.53. The largest absolute Gasteiger partial charge is 0.244 e. The molecule has 0 radical (unpaired) electrons. The van der Waals surface area contributed by atoms with Crippen molar-refractivity contribution in [3.8, 4) is 0 Å². The minimum absolute atomic E-state index is 0.151. The van der Waals surface area contributed by atoms with Crippen LogP contribution in [-0.2, 0) is 0 Å². The first kappa shape index (κ1) is 14.0. The second kappa shape index (κ2) is 4.31. The van der Waals surface area contributed by atoms with Crippen LogP contribution in [0.4, 0.5) is 4.39 Å². The van der Waals surface area contributed by atoms with Crippen molar-refractivity contribution in [3.63, 3.8) is 0 Å². The van der Waals surface area contributed by atoms with Gasteiger partial charge in [0.2, 0.25) is 0 Å². The Hall–Kier alpha value is -0.0700. The van der Waals surface area contributed by atoms with Gasteiger partial charge in [-0.3, -0.25) is 0 Å².